The van der Waals surface area contributed by atoms with Gasteiger partial charge in [0, 0.05) is 24.4 Å². The summed E-state index contributed by atoms with van der Waals surface area (Å²) in [5, 5.41) is 0. The highest BCUT2D eigenvalue weighted by Gasteiger charge is 2.46. The van der Waals surface area contributed by atoms with Crippen LogP contribution in [0, 0.1) is 0 Å². The second-order valence-electron chi connectivity index (χ2n) is 8.17. The quantitative estimate of drug-likeness (QED) is 0.525. The van der Waals surface area contributed by atoms with Gasteiger partial charge in [-0.1, -0.05) is 64.7 Å². The average molecular weight is 355 g/mol. The van der Waals surface area contributed by atoms with Crippen molar-refractivity contribution in [1.29, 1.82) is 0 Å². The molecular weight excluding hydrogens is 316 g/mol. The van der Waals surface area contributed by atoms with Crippen LogP contribution in [0.25, 0.3) is 0 Å². The Kier molecular flexibility index (Phi) is 7.63. The smallest absolute Gasteiger partial charge is 0.370 e. The first kappa shape index (κ1) is 18.9. The second kappa shape index (κ2) is 9.70. The molecule has 140 valence electrons. The van der Waals surface area contributed by atoms with E-state index in [2.05, 4.69) is 6.92 Å². The zero-order valence-electron chi connectivity index (χ0n) is 15.8. The summed E-state index contributed by atoms with van der Waals surface area (Å²) in [6.45, 7) is 2.24. The van der Waals surface area contributed by atoms with E-state index in [0.717, 1.165) is 6.04 Å². The van der Waals surface area contributed by atoms with Gasteiger partial charge in [0.15, 0.2) is 0 Å². The van der Waals surface area contributed by atoms with Crippen molar-refractivity contribution in [3.63, 3.8) is 0 Å². The molecule has 0 radical (unpaired) electrons. The highest BCUT2D eigenvalue weighted by molar-refractivity contribution is 6.60. The molecule has 0 spiro atoms. The Balaban J connectivity index is 1.65. The molecule has 0 unspecified atom stereocenters. The topological polar surface area (TPSA) is 27.7 Å². The van der Waals surface area contributed by atoms with Crippen molar-refractivity contribution in [2.24, 2.45) is 0 Å². The molecule has 0 aromatic heterocycles. The fourth-order valence-electron chi connectivity index (χ4n) is 4.64. The third kappa shape index (κ3) is 5.55. The third-order valence-electron chi connectivity index (χ3n) is 6.13. The molecular formula is C20H38O3Si. The first-order chi connectivity index (χ1) is 11.8. The molecule has 24 heavy (non-hydrogen) atoms. The van der Waals surface area contributed by atoms with Gasteiger partial charge in [-0.2, -0.15) is 0 Å². The van der Waals surface area contributed by atoms with E-state index in [0.29, 0.717) is 18.3 Å². The molecule has 0 atom stereocenters. The molecule has 0 aromatic carbocycles. The minimum absolute atomic E-state index is 0.387. The second-order valence-corrected chi connectivity index (χ2v) is 11.0. The molecule has 4 heteroatoms. The Labute approximate surface area is 150 Å². The van der Waals surface area contributed by atoms with Crippen LogP contribution in [0.5, 0.6) is 0 Å². The third-order valence-corrected chi connectivity index (χ3v) is 9.07. The van der Waals surface area contributed by atoms with Crippen LogP contribution >= 0.6 is 0 Å². The van der Waals surface area contributed by atoms with Gasteiger partial charge >= 0.3 is 8.80 Å². The Morgan fingerprint density at radius 3 is 1.08 bits per heavy atom. The molecule has 3 aliphatic rings. The van der Waals surface area contributed by atoms with Crippen molar-refractivity contribution in [2.45, 2.75) is 128 Å². The van der Waals surface area contributed by atoms with Crippen molar-refractivity contribution in [2.75, 3.05) is 0 Å². The normalized spacial score (nSPS) is 25.9. The van der Waals surface area contributed by atoms with Crippen molar-refractivity contribution in [3.8, 4) is 0 Å². The predicted molar refractivity (Wildman–Crippen MR) is 100 cm³/mol. The Morgan fingerprint density at radius 2 is 0.833 bits per heavy atom. The minimum Gasteiger partial charge on any atom is -0.370 e. The van der Waals surface area contributed by atoms with Gasteiger partial charge in [0.25, 0.3) is 0 Å². The molecule has 0 aromatic rings. The van der Waals surface area contributed by atoms with Crippen LogP contribution in [-0.2, 0) is 13.3 Å². The van der Waals surface area contributed by atoms with Crippen LogP contribution in [-0.4, -0.2) is 27.1 Å². The maximum Gasteiger partial charge on any atom is 0.501 e. The lowest BCUT2D eigenvalue weighted by molar-refractivity contribution is -0.0400. The van der Waals surface area contributed by atoms with E-state index >= 15 is 0 Å². The van der Waals surface area contributed by atoms with E-state index in [1.165, 1.54) is 96.3 Å². The number of rotatable bonds is 7. The summed E-state index contributed by atoms with van der Waals surface area (Å²) < 4.78 is 20.2. The summed E-state index contributed by atoms with van der Waals surface area (Å²) in [5.74, 6) is 0. The van der Waals surface area contributed by atoms with E-state index in [9.17, 15) is 0 Å². The standard InChI is InChI=1S/C20H38O3Si/c1-2-24(21-18-12-6-3-7-13-18,22-19-14-8-4-9-15-19)23-20-16-10-5-11-17-20/h18-20H,2-17H2,1H3. The predicted octanol–water partition coefficient (Wildman–Crippen LogP) is 5.99. The van der Waals surface area contributed by atoms with Crippen molar-refractivity contribution >= 4 is 8.80 Å². The Hall–Kier alpha value is 0.0969. The van der Waals surface area contributed by atoms with E-state index in [4.69, 9.17) is 13.3 Å². The van der Waals surface area contributed by atoms with Gasteiger partial charge in [-0.25, -0.2) is 0 Å². The molecule has 0 heterocycles. The van der Waals surface area contributed by atoms with Crippen molar-refractivity contribution < 1.29 is 13.3 Å². The van der Waals surface area contributed by atoms with Gasteiger partial charge in [-0.15, -0.1) is 0 Å². The van der Waals surface area contributed by atoms with E-state index in [1.807, 2.05) is 0 Å². The van der Waals surface area contributed by atoms with Crippen LogP contribution in [0.15, 0.2) is 0 Å². The summed E-state index contributed by atoms with van der Waals surface area (Å²) in [5.41, 5.74) is 0. The Bertz CT molecular complexity index is 294. The first-order valence-corrected chi connectivity index (χ1v) is 12.8. The summed E-state index contributed by atoms with van der Waals surface area (Å²) in [4.78, 5) is 0. The van der Waals surface area contributed by atoms with E-state index < -0.39 is 8.80 Å². The molecule has 3 saturated carbocycles. The maximum absolute atomic E-state index is 6.73. The van der Waals surface area contributed by atoms with Gasteiger partial charge in [0.2, 0.25) is 0 Å². The fourth-order valence-corrected chi connectivity index (χ4v) is 7.54. The van der Waals surface area contributed by atoms with Gasteiger partial charge in [-0.05, 0) is 38.5 Å². The molecule has 3 rings (SSSR count). The SMILES string of the molecule is CC[Si](OC1CCCCC1)(OC1CCCCC1)OC1CCCCC1. The molecule has 0 N–H and O–H groups in total. The highest BCUT2D eigenvalue weighted by atomic mass is 28.4. The highest BCUT2D eigenvalue weighted by Crippen LogP contribution is 2.33. The zero-order valence-corrected chi connectivity index (χ0v) is 16.8. The van der Waals surface area contributed by atoms with Gasteiger partial charge in [0.05, 0.1) is 0 Å². The lowest BCUT2D eigenvalue weighted by Crippen LogP contribution is -2.53. The monoisotopic (exact) mass is 354 g/mol. The largest absolute Gasteiger partial charge is 0.501 e. The maximum atomic E-state index is 6.73. The lowest BCUT2D eigenvalue weighted by atomic mass is 9.98. The molecule has 0 saturated heterocycles. The molecule has 3 nitrogen and oxygen atoms in total. The van der Waals surface area contributed by atoms with E-state index in [-0.39, 0.29) is 0 Å². The van der Waals surface area contributed by atoms with Crippen LogP contribution < -0.4 is 0 Å². The van der Waals surface area contributed by atoms with Crippen molar-refractivity contribution in [1.82, 2.24) is 0 Å². The zero-order chi connectivity index (χ0) is 16.7. The summed E-state index contributed by atoms with van der Waals surface area (Å²) in [6.07, 6.45) is 20.4. The molecule has 3 aliphatic carbocycles. The first-order valence-electron chi connectivity index (χ1n) is 10.8. The van der Waals surface area contributed by atoms with Crippen LogP contribution in [0.4, 0.5) is 0 Å². The fraction of sp³-hybridized carbons (Fsp3) is 1.00. The van der Waals surface area contributed by atoms with Gasteiger partial charge in [-0.3, -0.25) is 0 Å². The van der Waals surface area contributed by atoms with Gasteiger partial charge < -0.3 is 13.3 Å². The summed E-state index contributed by atoms with van der Waals surface area (Å²) in [6, 6.07) is 0.941. The summed E-state index contributed by atoms with van der Waals surface area (Å²) >= 11 is 0. The van der Waals surface area contributed by atoms with Gasteiger partial charge in [0.1, 0.15) is 0 Å². The molecule has 0 bridgehead atoms. The van der Waals surface area contributed by atoms with Crippen LogP contribution in [0.2, 0.25) is 6.04 Å². The molecule has 0 amide bonds. The lowest BCUT2D eigenvalue weighted by Gasteiger charge is -2.40. The van der Waals surface area contributed by atoms with Crippen LogP contribution in [0.1, 0.15) is 103 Å². The molecule has 3 fully saturated rings. The Morgan fingerprint density at radius 1 is 0.542 bits per heavy atom. The van der Waals surface area contributed by atoms with Crippen LogP contribution in [0.3, 0.4) is 0 Å². The average Bonchev–Trinajstić information content (AvgIpc) is 2.64. The number of hydrogen-bond acceptors (Lipinski definition) is 3. The summed E-state index contributed by atoms with van der Waals surface area (Å²) in [7, 11) is -2.53. The van der Waals surface area contributed by atoms with Crippen molar-refractivity contribution in [3.05, 3.63) is 0 Å². The molecule has 0 aliphatic heterocycles. The van der Waals surface area contributed by atoms with E-state index in [1.54, 1.807) is 0 Å². The number of hydrogen-bond donors (Lipinski definition) is 0. The minimum atomic E-state index is -2.53.